The van der Waals surface area contributed by atoms with Gasteiger partial charge in [0.05, 0.1) is 0 Å². The minimum Gasteiger partial charge on any atom is -0.508 e. The summed E-state index contributed by atoms with van der Waals surface area (Å²) in [6.07, 6.45) is 0. The Bertz CT molecular complexity index is 654. The van der Waals surface area contributed by atoms with Gasteiger partial charge in [0.15, 0.2) is 5.54 Å². The molecule has 1 aromatic heterocycles. The van der Waals surface area contributed by atoms with E-state index in [-0.39, 0.29) is 5.75 Å². The number of phenolic OH excluding ortho intramolecular Hbond substituents is 1. The van der Waals surface area contributed by atoms with Gasteiger partial charge in [-0.3, -0.25) is 10.1 Å². The van der Waals surface area contributed by atoms with Crippen molar-refractivity contribution in [2.75, 3.05) is 0 Å². The van der Waals surface area contributed by atoms with Gasteiger partial charge in [-0.15, -0.1) is 11.3 Å². The Morgan fingerprint density at radius 3 is 2.58 bits per heavy atom. The first-order valence-corrected chi connectivity index (χ1v) is 6.48. The highest BCUT2D eigenvalue weighted by Gasteiger charge is 2.50. The van der Waals surface area contributed by atoms with E-state index in [9.17, 15) is 14.7 Å². The lowest BCUT2D eigenvalue weighted by Gasteiger charge is -2.25. The molecule has 3 N–H and O–H groups in total. The summed E-state index contributed by atoms with van der Waals surface area (Å²) in [5, 5.41) is 16.3. The minimum absolute atomic E-state index is 0.0439. The summed E-state index contributed by atoms with van der Waals surface area (Å²) in [6.45, 7) is 0. The molecule has 2 heterocycles. The summed E-state index contributed by atoms with van der Waals surface area (Å²) in [4.78, 5) is 24.5. The molecule has 0 bridgehead atoms. The van der Waals surface area contributed by atoms with E-state index in [0.29, 0.717) is 10.4 Å². The lowest BCUT2D eigenvalue weighted by Crippen LogP contribution is -2.44. The average molecular weight is 274 g/mol. The molecule has 6 heteroatoms. The third kappa shape index (κ3) is 1.68. The summed E-state index contributed by atoms with van der Waals surface area (Å²) < 4.78 is 0. The predicted octanol–water partition coefficient (Wildman–Crippen LogP) is 1.54. The summed E-state index contributed by atoms with van der Waals surface area (Å²) in [5.74, 6) is -0.395. The van der Waals surface area contributed by atoms with Crippen LogP contribution < -0.4 is 10.6 Å². The Morgan fingerprint density at radius 2 is 2.00 bits per heavy atom. The average Bonchev–Trinajstić information content (AvgIpc) is 2.97. The van der Waals surface area contributed by atoms with Crippen molar-refractivity contribution in [1.29, 1.82) is 0 Å². The molecule has 2 aromatic rings. The molecule has 1 fully saturated rings. The van der Waals surface area contributed by atoms with Crippen molar-refractivity contribution in [2.24, 2.45) is 0 Å². The number of benzene rings is 1. The topological polar surface area (TPSA) is 78.4 Å². The molecule has 96 valence electrons. The highest BCUT2D eigenvalue weighted by atomic mass is 32.1. The Morgan fingerprint density at radius 1 is 1.16 bits per heavy atom. The number of hydrogen-bond acceptors (Lipinski definition) is 4. The van der Waals surface area contributed by atoms with Gasteiger partial charge in [-0.05, 0) is 29.1 Å². The summed E-state index contributed by atoms with van der Waals surface area (Å²) in [6, 6.07) is 9.37. The van der Waals surface area contributed by atoms with Crippen molar-refractivity contribution >= 4 is 23.3 Å². The maximum atomic E-state index is 12.2. The summed E-state index contributed by atoms with van der Waals surface area (Å²) in [7, 11) is 0. The number of phenols is 1. The van der Waals surface area contributed by atoms with Crippen LogP contribution >= 0.6 is 11.3 Å². The van der Waals surface area contributed by atoms with Gasteiger partial charge in [-0.1, -0.05) is 18.2 Å². The van der Waals surface area contributed by atoms with E-state index in [1.165, 1.54) is 23.5 Å². The monoisotopic (exact) mass is 274 g/mol. The number of hydrogen-bond donors (Lipinski definition) is 3. The number of carbonyl (C=O) groups excluding carboxylic acids is 2. The number of aromatic hydroxyl groups is 1. The third-order valence-electron chi connectivity index (χ3n) is 3.04. The molecule has 0 saturated carbocycles. The SMILES string of the molecule is O=C1NC(=O)C(c2cccc(O)c2)(c2cccs2)N1. The van der Waals surface area contributed by atoms with Gasteiger partial charge >= 0.3 is 6.03 Å². The second-order valence-corrected chi connectivity index (χ2v) is 5.13. The highest BCUT2D eigenvalue weighted by Crippen LogP contribution is 2.36. The zero-order valence-electron chi connectivity index (χ0n) is 9.71. The molecule has 1 aliphatic rings. The maximum absolute atomic E-state index is 12.2. The van der Waals surface area contributed by atoms with Crippen molar-refractivity contribution in [3.63, 3.8) is 0 Å². The quantitative estimate of drug-likeness (QED) is 0.727. The fourth-order valence-electron chi connectivity index (χ4n) is 2.21. The number of urea groups is 1. The number of imide groups is 1. The van der Waals surface area contributed by atoms with Crippen LogP contribution in [0.25, 0.3) is 0 Å². The smallest absolute Gasteiger partial charge is 0.322 e. The van der Waals surface area contributed by atoms with E-state index in [1.54, 1.807) is 18.2 Å². The minimum atomic E-state index is -1.26. The molecule has 0 spiro atoms. The number of amides is 3. The van der Waals surface area contributed by atoms with Crippen LogP contribution in [0.4, 0.5) is 4.79 Å². The fraction of sp³-hybridized carbons (Fsp3) is 0.0769. The first-order valence-electron chi connectivity index (χ1n) is 5.60. The molecule has 19 heavy (non-hydrogen) atoms. The first kappa shape index (κ1) is 11.7. The van der Waals surface area contributed by atoms with E-state index < -0.39 is 17.5 Å². The van der Waals surface area contributed by atoms with Crippen LogP contribution in [0.1, 0.15) is 10.4 Å². The molecule has 3 amide bonds. The van der Waals surface area contributed by atoms with Gasteiger partial charge < -0.3 is 10.4 Å². The molecule has 0 radical (unpaired) electrons. The standard InChI is InChI=1S/C13H10N2O3S/c16-9-4-1-3-8(7-9)13(10-5-2-6-19-10)11(17)14-12(18)15-13/h1-7,16H,(H2,14,15,17,18). The van der Waals surface area contributed by atoms with Gasteiger partial charge in [0.25, 0.3) is 5.91 Å². The Labute approximate surface area is 112 Å². The number of rotatable bonds is 2. The first-order chi connectivity index (χ1) is 9.13. The van der Waals surface area contributed by atoms with Gasteiger partial charge in [0, 0.05) is 4.88 Å². The zero-order chi connectivity index (χ0) is 13.5. The highest BCUT2D eigenvalue weighted by molar-refractivity contribution is 7.10. The zero-order valence-corrected chi connectivity index (χ0v) is 10.5. The molecule has 1 unspecified atom stereocenters. The van der Waals surface area contributed by atoms with Gasteiger partial charge in [0.1, 0.15) is 5.75 Å². The van der Waals surface area contributed by atoms with Crippen LogP contribution in [0.3, 0.4) is 0 Å². The van der Waals surface area contributed by atoms with E-state index >= 15 is 0 Å². The van der Waals surface area contributed by atoms with Crippen LogP contribution in [-0.2, 0) is 10.3 Å². The number of thiophene rings is 1. The van der Waals surface area contributed by atoms with Crippen molar-refractivity contribution < 1.29 is 14.7 Å². The second kappa shape index (κ2) is 4.10. The molecule has 1 aliphatic heterocycles. The van der Waals surface area contributed by atoms with E-state index in [1.807, 2.05) is 11.4 Å². The normalized spacial score (nSPS) is 22.1. The van der Waals surface area contributed by atoms with Crippen molar-refractivity contribution in [1.82, 2.24) is 10.6 Å². The van der Waals surface area contributed by atoms with E-state index in [4.69, 9.17) is 0 Å². The fourth-order valence-corrected chi connectivity index (χ4v) is 3.10. The van der Waals surface area contributed by atoms with Crippen LogP contribution in [0.15, 0.2) is 41.8 Å². The van der Waals surface area contributed by atoms with E-state index in [2.05, 4.69) is 10.6 Å². The number of nitrogens with one attached hydrogen (secondary N) is 2. The second-order valence-electron chi connectivity index (χ2n) is 4.19. The molecule has 1 aromatic carbocycles. The Balaban J connectivity index is 2.23. The van der Waals surface area contributed by atoms with Gasteiger partial charge in [-0.2, -0.15) is 0 Å². The summed E-state index contributed by atoms with van der Waals surface area (Å²) in [5.41, 5.74) is -0.734. The molecular formula is C13H10N2O3S. The van der Waals surface area contributed by atoms with Crippen LogP contribution in [0.5, 0.6) is 5.75 Å². The lowest BCUT2D eigenvalue weighted by molar-refractivity contribution is -0.122. The van der Waals surface area contributed by atoms with Crippen molar-refractivity contribution in [3.05, 3.63) is 52.2 Å². The van der Waals surface area contributed by atoms with E-state index in [0.717, 1.165) is 0 Å². The lowest BCUT2D eigenvalue weighted by atomic mass is 9.88. The Kier molecular flexibility index (Phi) is 2.53. The molecule has 1 atom stereocenters. The molecule has 0 aliphatic carbocycles. The molecule has 3 rings (SSSR count). The predicted molar refractivity (Wildman–Crippen MR) is 69.9 cm³/mol. The third-order valence-corrected chi connectivity index (χ3v) is 4.03. The van der Waals surface area contributed by atoms with Crippen molar-refractivity contribution in [3.8, 4) is 5.75 Å². The number of carbonyl (C=O) groups is 2. The van der Waals surface area contributed by atoms with Crippen LogP contribution in [0, 0.1) is 0 Å². The summed E-state index contributed by atoms with van der Waals surface area (Å²) >= 11 is 1.37. The molecule has 5 nitrogen and oxygen atoms in total. The Hall–Kier alpha value is -2.34. The maximum Gasteiger partial charge on any atom is 0.322 e. The van der Waals surface area contributed by atoms with Gasteiger partial charge in [0.2, 0.25) is 0 Å². The molecular weight excluding hydrogens is 264 g/mol. The van der Waals surface area contributed by atoms with Crippen LogP contribution in [0.2, 0.25) is 0 Å². The molecule has 1 saturated heterocycles. The van der Waals surface area contributed by atoms with Crippen LogP contribution in [-0.4, -0.2) is 17.0 Å². The van der Waals surface area contributed by atoms with Gasteiger partial charge in [-0.25, -0.2) is 4.79 Å². The largest absolute Gasteiger partial charge is 0.508 e. The van der Waals surface area contributed by atoms with Crippen molar-refractivity contribution in [2.45, 2.75) is 5.54 Å².